The summed E-state index contributed by atoms with van der Waals surface area (Å²) in [7, 11) is 0. The zero-order valence-corrected chi connectivity index (χ0v) is 14.7. The normalized spacial score (nSPS) is 14.8. The van der Waals surface area contributed by atoms with Gasteiger partial charge in [0.15, 0.2) is 0 Å². The molecule has 1 heterocycles. The third-order valence-electron chi connectivity index (χ3n) is 4.43. The second kappa shape index (κ2) is 8.08. The van der Waals surface area contributed by atoms with Gasteiger partial charge in [-0.2, -0.15) is 0 Å². The van der Waals surface area contributed by atoms with Crippen molar-refractivity contribution in [2.75, 3.05) is 26.2 Å². The lowest BCUT2D eigenvalue weighted by molar-refractivity contribution is -0.134. The molecule has 1 fully saturated rings. The molecule has 0 N–H and O–H groups in total. The predicted octanol–water partition coefficient (Wildman–Crippen LogP) is 2.46. The number of amides is 2. The highest BCUT2D eigenvalue weighted by molar-refractivity contribution is 5.94. The van der Waals surface area contributed by atoms with E-state index < -0.39 is 0 Å². The van der Waals surface area contributed by atoms with Gasteiger partial charge < -0.3 is 14.6 Å². The van der Waals surface area contributed by atoms with Gasteiger partial charge in [0, 0.05) is 44.6 Å². The largest absolute Gasteiger partial charge is 0.339 e. The number of hydrogen-bond acceptors (Lipinski definition) is 3. The number of hydrogen-bond donors (Lipinski definition) is 0. The lowest BCUT2D eigenvalue weighted by atomic mass is 10.0. The number of nitrogens with zero attached hydrogens (tertiary/aromatic N) is 2. The molecule has 2 rings (SSSR count). The summed E-state index contributed by atoms with van der Waals surface area (Å²) >= 11 is 0. The fourth-order valence-electron chi connectivity index (χ4n) is 2.79. The van der Waals surface area contributed by atoms with Crippen LogP contribution in [-0.2, 0) is 9.59 Å². The highest BCUT2D eigenvalue weighted by Crippen LogP contribution is 2.16. The van der Waals surface area contributed by atoms with Gasteiger partial charge in [0.1, 0.15) is 5.78 Å². The van der Waals surface area contributed by atoms with Crippen LogP contribution in [0.5, 0.6) is 0 Å². The Bertz CT molecular complexity index is 600. The highest BCUT2D eigenvalue weighted by Gasteiger charge is 2.24. The Balaban J connectivity index is 1.88. The molecule has 0 aromatic heterocycles. The molecule has 5 nitrogen and oxygen atoms in total. The van der Waals surface area contributed by atoms with E-state index in [4.69, 9.17) is 0 Å². The Morgan fingerprint density at radius 2 is 1.46 bits per heavy atom. The van der Waals surface area contributed by atoms with Gasteiger partial charge >= 0.3 is 0 Å². The zero-order valence-electron chi connectivity index (χ0n) is 14.7. The van der Waals surface area contributed by atoms with Crippen LogP contribution in [0.2, 0.25) is 0 Å². The smallest absolute Gasteiger partial charge is 0.253 e. The van der Waals surface area contributed by atoms with E-state index in [1.165, 1.54) is 12.5 Å². The van der Waals surface area contributed by atoms with Crippen molar-refractivity contribution in [3.05, 3.63) is 35.4 Å². The molecule has 1 aliphatic rings. The number of carbonyl (C=O) groups excluding carboxylic acids is 3. The molecule has 1 aromatic carbocycles. The Kier molecular flexibility index (Phi) is 6.12. The van der Waals surface area contributed by atoms with Crippen molar-refractivity contribution in [1.29, 1.82) is 0 Å². The first-order chi connectivity index (χ1) is 11.4. The van der Waals surface area contributed by atoms with Crippen LogP contribution in [0.3, 0.4) is 0 Å². The van der Waals surface area contributed by atoms with Crippen molar-refractivity contribution in [3.63, 3.8) is 0 Å². The van der Waals surface area contributed by atoms with E-state index in [2.05, 4.69) is 13.8 Å². The van der Waals surface area contributed by atoms with Gasteiger partial charge in [-0.15, -0.1) is 0 Å². The van der Waals surface area contributed by atoms with Gasteiger partial charge in [-0.05, 0) is 30.5 Å². The quantitative estimate of drug-likeness (QED) is 0.833. The summed E-state index contributed by atoms with van der Waals surface area (Å²) < 4.78 is 0. The third-order valence-corrected chi connectivity index (χ3v) is 4.43. The van der Waals surface area contributed by atoms with Crippen molar-refractivity contribution >= 4 is 17.6 Å². The molecule has 0 radical (unpaired) electrons. The number of ketones is 1. The van der Waals surface area contributed by atoms with Crippen LogP contribution >= 0.6 is 0 Å². The first kappa shape index (κ1) is 18.2. The fraction of sp³-hybridized carbons (Fsp3) is 0.526. The van der Waals surface area contributed by atoms with Crippen LogP contribution < -0.4 is 0 Å². The Morgan fingerprint density at radius 1 is 0.917 bits per heavy atom. The van der Waals surface area contributed by atoms with Crippen molar-refractivity contribution in [3.8, 4) is 0 Å². The Labute approximate surface area is 143 Å². The summed E-state index contributed by atoms with van der Waals surface area (Å²) in [5.74, 6) is 0.487. The first-order valence-electron chi connectivity index (χ1n) is 8.55. The number of carbonyl (C=O) groups is 3. The molecule has 0 spiro atoms. The van der Waals surface area contributed by atoms with Crippen molar-refractivity contribution < 1.29 is 14.4 Å². The van der Waals surface area contributed by atoms with E-state index in [1.807, 2.05) is 24.3 Å². The van der Waals surface area contributed by atoms with Gasteiger partial charge in [0.2, 0.25) is 5.91 Å². The number of Topliss-reactive ketones (excluding diaryl/α,β-unsaturated/α-hetero) is 1. The maximum atomic E-state index is 12.6. The Morgan fingerprint density at radius 3 is 1.96 bits per heavy atom. The minimum absolute atomic E-state index is 0.00131. The van der Waals surface area contributed by atoms with Gasteiger partial charge in [0.05, 0.1) is 0 Å². The Hall–Kier alpha value is -2.17. The van der Waals surface area contributed by atoms with E-state index in [0.29, 0.717) is 44.1 Å². The molecule has 0 unspecified atom stereocenters. The van der Waals surface area contributed by atoms with Crippen LogP contribution in [-0.4, -0.2) is 53.6 Å². The average molecular weight is 330 g/mol. The lowest BCUT2D eigenvalue weighted by Crippen LogP contribution is -2.50. The molecule has 130 valence electrons. The fourth-order valence-corrected chi connectivity index (χ4v) is 2.79. The topological polar surface area (TPSA) is 57.7 Å². The van der Waals surface area contributed by atoms with Crippen LogP contribution in [0.25, 0.3) is 0 Å². The molecule has 1 saturated heterocycles. The van der Waals surface area contributed by atoms with Crippen LogP contribution in [0.15, 0.2) is 24.3 Å². The molecule has 24 heavy (non-hydrogen) atoms. The molecule has 0 bridgehead atoms. The highest BCUT2D eigenvalue weighted by atomic mass is 16.2. The minimum atomic E-state index is -0.00131. The van der Waals surface area contributed by atoms with E-state index in [-0.39, 0.29) is 24.0 Å². The SMILES string of the molecule is CC(=O)CCC(=O)N1CCN(C(=O)c2ccc(C(C)C)cc2)CC1. The predicted molar refractivity (Wildman–Crippen MR) is 92.9 cm³/mol. The molecule has 0 atom stereocenters. The zero-order chi connectivity index (χ0) is 17.7. The molecule has 1 aromatic rings. The maximum Gasteiger partial charge on any atom is 0.253 e. The standard InChI is InChI=1S/C19H26N2O3/c1-14(2)16-5-7-17(8-6-16)19(24)21-12-10-20(11-13-21)18(23)9-4-15(3)22/h5-8,14H,4,9-13H2,1-3H3. The van der Waals surface area contributed by atoms with Crippen LogP contribution in [0.4, 0.5) is 0 Å². The van der Waals surface area contributed by atoms with E-state index in [1.54, 1.807) is 9.80 Å². The minimum Gasteiger partial charge on any atom is -0.339 e. The summed E-state index contributed by atoms with van der Waals surface area (Å²) in [6.07, 6.45) is 0.556. The molecule has 2 amide bonds. The van der Waals surface area contributed by atoms with E-state index >= 15 is 0 Å². The molecule has 0 saturated carbocycles. The molecule has 0 aliphatic carbocycles. The lowest BCUT2D eigenvalue weighted by Gasteiger charge is -2.35. The number of rotatable bonds is 5. The van der Waals surface area contributed by atoms with Crippen molar-refractivity contribution in [1.82, 2.24) is 9.80 Å². The maximum absolute atomic E-state index is 12.6. The van der Waals surface area contributed by atoms with Gasteiger partial charge in [-0.3, -0.25) is 9.59 Å². The summed E-state index contributed by atoms with van der Waals surface area (Å²) in [6, 6.07) is 7.75. The molecule has 1 aliphatic heterocycles. The molecule has 5 heteroatoms. The van der Waals surface area contributed by atoms with Gasteiger partial charge in [0.25, 0.3) is 5.91 Å². The van der Waals surface area contributed by atoms with Gasteiger partial charge in [-0.1, -0.05) is 26.0 Å². The summed E-state index contributed by atoms with van der Waals surface area (Å²) in [5.41, 5.74) is 1.91. The van der Waals surface area contributed by atoms with Crippen LogP contribution in [0.1, 0.15) is 55.5 Å². The third kappa shape index (κ3) is 4.66. The van der Waals surface area contributed by atoms with E-state index in [0.717, 1.165) is 0 Å². The average Bonchev–Trinajstić information content (AvgIpc) is 2.59. The summed E-state index contributed by atoms with van der Waals surface area (Å²) in [5, 5.41) is 0. The monoisotopic (exact) mass is 330 g/mol. The summed E-state index contributed by atoms with van der Waals surface area (Å²) in [4.78, 5) is 39.1. The number of benzene rings is 1. The van der Waals surface area contributed by atoms with Crippen molar-refractivity contribution in [2.45, 2.75) is 39.5 Å². The first-order valence-corrected chi connectivity index (χ1v) is 8.55. The van der Waals surface area contributed by atoms with Crippen LogP contribution in [0, 0.1) is 0 Å². The van der Waals surface area contributed by atoms with Gasteiger partial charge in [-0.25, -0.2) is 0 Å². The molecular weight excluding hydrogens is 304 g/mol. The van der Waals surface area contributed by atoms with Crippen molar-refractivity contribution in [2.24, 2.45) is 0 Å². The number of piperazine rings is 1. The molecular formula is C19H26N2O3. The second-order valence-electron chi connectivity index (χ2n) is 6.65. The summed E-state index contributed by atoms with van der Waals surface area (Å²) in [6.45, 7) is 7.89. The van der Waals surface area contributed by atoms with E-state index in [9.17, 15) is 14.4 Å². The second-order valence-corrected chi connectivity index (χ2v) is 6.65.